The zero-order chi connectivity index (χ0) is 18.7. The molecule has 3 aromatic rings. The van der Waals surface area contributed by atoms with Crippen LogP contribution in [0.15, 0.2) is 41.3 Å². The lowest BCUT2D eigenvalue weighted by molar-refractivity contribution is 0.0952. The number of pyridine rings is 1. The monoisotopic (exact) mass is 370 g/mol. The van der Waals surface area contributed by atoms with E-state index in [1.54, 1.807) is 17.9 Å². The third-order valence-electron chi connectivity index (χ3n) is 4.32. The summed E-state index contributed by atoms with van der Waals surface area (Å²) in [6, 6.07) is 9.47. The lowest BCUT2D eigenvalue weighted by Crippen LogP contribution is -2.26. The molecule has 0 saturated carbocycles. The molecule has 1 amide bonds. The number of carbonyl (C=O) groups excluding carboxylic acids is 1. The molecule has 0 radical (unpaired) electrons. The fourth-order valence-corrected chi connectivity index (χ4v) is 4.12. The summed E-state index contributed by atoms with van der Waals surface area (Å²) in [7, 11) is 1.60. The van der Waals surface area contributed by atoms with Gasteiger partial charge in [0.05, 0.1) is 18.1 Å². The Bertz CT molecular complexity index is 1000. The van der Waals surface area contributed by atoms with Gasteiger partial charge in [-0.3, -0.25) is 9.59 Å². The number of fused-ring (bicyclic) bond motifs is 1. The molecule has 6 heteroatoms. The molecule has 0 spiro atoms. The van der Waals surface area contributed by atoms with Crippen molar-refractivity contribution in [2.75, 3.05) is 7.11 Å². The number of carbonyl (C=O) groups is 1. The van der Waals surface area contributed by atoms with Crippen molar-refractivity contribution in [2.45, 2.75) is 33.4 Å². The molecule has 3 rings (SSSR count). The smallest absolute Gasteiger partial charge is 0.260 e. The predicted octanol–water partition coefficient (Wildman–Crippen LogP) is 3.72. The molecular weight excluding hydrogens is 348 g/mol. The number of amides is 1. The van der Waals surface area contributed by atoms with Crippen LogP contribution in [-0.2, 0) is 13.1 Å². The van der Waals surface area contributed by atoms with Gasteiger partial charge >= 0.3 is 0 Å². The number of rotatable bonds is 6. The van der Waals surface area contributed by atoms with E-state index in [0.29, 0.717) is 24.0 Å². The van der Waals surface area contributed by atoms with E-state index in [1.165, 1.54) is 11.3 Å². The highest BCUT2D eigenvalue weighted by molar-refractivity contribution is 7.19. The van der Waals surface area contributed by atoms with Crippen molar-refractivity contribution in [1.82, 2.24) is 9.88 Å². The first-order chi connectivity index (χ1) is 12.6. The molecule has 2 aromatic heterocycles. The van der Waals surface area contributed by atoms with Crippen LogP contribution in [-0.4, -0.2) is 17.6 Å². The van der Waals surface area contributed by atoms with Crippen molar-refractivity contribution in [1.29, 1.82) is 0 Å². The van der Waals surface area contributed by atoms with Crippen LogP contribution < -0.4 is 15.6 Å². The van der Waals surface area contributed by atoms with Crippen LogP contribution in [0.5, 0.6) is 5.75 Å². The zero-order valence-electron chi connectivity index (χ0n) is 15.2. The quantitative estimate of drug-likeness (QED) is 0.719. The molecule has 0 unspecified atom stereocenters. The van der Waals surface area contributed by atoms with Gasteiger partial charge in [-0.1, -0.05) is 25.1 Å². The molecule has 0 atom stereocenters. The number of aromatic nitrogens is 1. The van der Waals surface area contributed by atoms with Crippen LogP contribution in [0.1, 0.15) is 34.1 Å². The third kappa shape index (κ3) is 3.37. The SMILES string of the molecule is CCCn1ccc2sc(C)c(C(=O)NCc3ccccc3OC)c2c1=O. The van der Waals surface area contributed by atoms with E-state index in [1.807, 2.05) is 44.2 Å². The van der Waals surface area contributed by atoms with Gasteiger partial charge in [-0.15, -0.1) is 11.3 Å². The molecule has 2 heterocycles. The first kappa shape index (κ1) is 18.2. The average Bonchev–Trinajstić information content (AvgIpc) is 2.99. The second-order valence-electron chi connectivity index (χ2n) is 6.08. The Balaban J connectivity index is 1.94. The number of benzene rings is 1. The van der Waals surface area contributed by atoms with Crippen LogP contribution in [0.25, 0.3) is 10.1 Å². The normalized spacial score (nSPS) is 10.9. The van der Waals surface area contributed by atoms with E-state index in [4.69, 9.17) is 4.74 Å². The topological polar surface area (TPSA) is 60.3 Å². The Kier molecular flexibility index (Phi) is 5.42. The Hall–Kier alpha value is -2.60. The van der Waals surface area contributed by atoms with Crippen molar-refractivity contribution in [3.63, 3.8) is 0 Å². The minimum atomic E-state index is -0.231. The van der Waals surface area contributed by atoms with Crippen molar-refractivity contribution in [2.24, 2.45) is 0 Å². The summed E-state index contributed by atoms with van der Waals surface area (Å²) >= 11 is 1.48. The van der Waals surface area contributed by atoms with E-state index >= 15 is 0 Å². The maximum absolute atomic E-state index is 12.8. The summed E-state index contributed by atoms with van der Waals surface area (Å²) in [4.78, 5) is 26.5. The number of para-hydroxylation sites is 1. The lowest BCUT2D eigenvalue weighted by atomic mass is 10.1. The number of thiophene rings is 1. The van der Waals surface area contributed by atoms with Gasteiger partial charge in [0, 0.05) is 34.4 Å². The molecule has 0 saturated heterocycles. The number of hydrogen-bond donors (Lipinski definition) is 1. The van der Waals surface area contributed by atoms with Gasteiger partial charge < -0.3 is 14.6 Å². The van der Waals surface area contributed by atoms with Gasteiger partial charge in [-0.2, -0.15) is 0 Å². The Labute approximate surface area is 156 Å². The molecule has 0 aliphatic heterocycles. The third-order valence-corrected chi connectivity index (χ3v) is 5.39. The fraction of sp³-hybridized carbons (Fsp3) is 0.300. The average molecular weight is 370 g/mol. The maximum Gasteiger partial charge on any atom is 0.260 e. The second kappa shape index (κ2) is 7.74. The summed E-state index contributed by atoms with van der Waals surface area (Å²) in [6.45, 7) is 4.89. The summed E-state index contributed by atoms with van der Waals surface area (Å²) in [6.07, 6.45) is 2.67. The lowest BCUT2D eigenvalue weighted by Gasteiger charge is -2.10. The highest BCUT2D eigenvalue weighted by atomic mass is 32.1. The molecule has 0 aliphatic carbocycles. The van der Waals surface area contributed by atoms with Gasteiger partial charge in [0.15, 0.2) is 0 Å². The fourth-order valence-electron chi connectivity index (χ4n) is 3.07. The number of nitrogens with zero attached hydrogens (tertiary/aromatic N) is 1. The minimum absolute atomic E-state index is 0.101. The minimum Gasteiger partial charge on any atom is -0.496 e. The molecule has 136 valence electrons. The van der Waals surface area contributed by atoms with Crippen molar-refractivity contribution < 1.29 is 9.53 Å². The molecule has 26 heavy (non-hydrogen) atoms. The van der Waals surface area contributed by atoms with E-state index < -0.39 is 0 Å². The van der Waals surface area contributed by atoms with E-state index in [2.05, 4.69) is 5.32 Å². The highest BCUT2D eigenvalue weighted by Gasteiger charge is 2.20. The van der Waals surface area contributed by atoms with Gasteiger partial charge in [0.25, 0.3) is 11.5 Å². The van der Waals surface area contributed by atoms with Crippen LogP contribution >= 0.6 is 11.3 Å². The Morgan fingerprint density at radius 2 is 2.04 bits per heavy atom. The highest BCUT2D eigenvalue weighted by Crippen LogP contribution is 2.28. The molecule has 0 aliphatic rings. The van der Waals surface area contributed by atoms with E-state index in [9.17, 15) is 9.59 Å². The Morgan fingerprint density at radius 1 is 1.27 bits per heavy atom. The predicted molar refractivity (Wildman–Crippen MR) is 105 cm³/mol. The Morgan fingerprint density at radius 3 is 2.77 bits per heavy atom. The number of methoxy groups -OCH3 is 1. The standard InChI is InChI=1S/C20H22N2O3S/c1-4-10-22-11-9-16-18(20(22)24)17(13(2)26-16)19(23)21-12-14-7-5-6-8-15(14)25-3/h5-9,11H,4,10,12H2,1-3H3,(H,21,23). The van der Waals surface area contributed by atoms with Crippen molar-refractivity contribution in [3.05, 3.63) is 62.9 Å². The number of nitrogens with one attached hydrogen (secondary N) is 1. The van der Waals surface area contributed by atoms with Crippen LogP contribution in [0, 0.1) is 6.92 Å². The second-order valence-corrected chi connectivity index (χ2v) is 7.34. The molecule has 1 aromatic carbocycles. The molecular formula is C20H22N2O3S. The van der Waals surface area contributed by atoms with Gasteiger partial charge in [0.2, 0.25) is 0 Å². The van der Waals surface area contributed by atoms with Gasteiger partial charge in [-0.25, -0.2) is 0 Å². The van der Waals surface area contributed by atoms with Crippen LogP contribution in [0.4, 0.5) is 0 Å². The van der Waals surface area contributed by atoms with Gasteiger partial charge in [-0.05, 0) is 25.5 Å². The van der Waals surface area contributed by atoms with Gasteiger partial charge in [0.1, 0.15) is 5.75 Å². The van der Waals surface area contributed by atoms with E-state index in [-0.39, 0.29) is 11.5 Å². The van der Waals surface area contributed by atoms with Crippen molar-refractivity contribution in [3.8, 4) is 5.75 Å². The largest absolute Gasteiger partial charge is 0.496 e. The first-order valence-corrected chi connectivity index (χ1v) is 9.41. The number of ether oxygens (including phenoxy) is 1. The van der Waals surface area contributed by atoms with Crippen molar-refractivity contribution >= 4 is 27.3 Å². The molecule has 5 nitrogen and oxygen atoms in total. The summed E-state index contributed by atoms with van der Waals surface area (Å²) in [5, 5.41) is 3.44. The first-order valence-electron chi connectivity index (χ1n) is 8.59. The zero-order valence-corrected chi connectivity index (χ0v) is 16.0. The maximum atomic E-state index is 12.8. The summed E-state index contributed by atoms with van der Waals surface area (Å²) in [5.41, 5.74) is 1.27. The summed E-state index contributed by atoms with van der Waals surface area (Å²) in [5.74, 6) is 0.496. The number of aryl methyl sites for hydroxylation is 2. The summed E-state index contributed by atoms with van der Waals surface area (Å²) < 4.78 is 7.84. The molecule has 0 fully saturated rings. The van der Waals surface area contributed by atoms with Crippen LogP contribution in [0.2, 0.25) is 0 Å². The molecule has 1 N–H and O–H groups in total. The van der Waals surface area contributed by atoms with E-state index in [0.717, 1.165) is 27.3 Å². The number of hydrogen-bond acceptors (Lipinski definition) is 4. The molecule has 0 bridgehead atoms. The van der Waals surface area contributed by atoms with Crippen LogP contribution in [0.3, 0.4) is 0 Å².